The number of hydrogen-bond acceptors (Lipinski definition) is 4. The molecule has 1 saturated heterocycles. The van der Waals surface area contributed by atoms with Crippen LogP contribution in [0, 0.1) is 0 Å². The molecule has 2 amide bonds. The minimum atomic E-state index is -0.0983. The number of carbonyl (C=O) groups excluding carboxylic acids is 2. The first-order chi connectivity index (χ1) is 13.6. The first-order valence-corrected chi connectivity index (χ1v) is 10.0. The summed E-state index contributed by atoms with van der Waals surface area (Å²) in [7, 11) is 0. The Kier molecular flexibility index (Phi) is 7.19. The molecule has 0 bridgehead atoms. The molecule has 1 aromatic carbocycles. The fraction of sp³-hybridized carbons (Fsp3) is 0.476. The van der Waals surface area contributed by atoms with Gasteiger partial charge in [-0.3, -0.25) is 9.59 Å². The number of rotatable bonds is 8. The Balaban J connectivity index is 1.56. The molecule has 150 valence electrons. The van der Waals surface area contributed by atoms with Crippen LogP contribution in [0.4, 0.5) is 0 Å². The fourth-order valence-corrected chi connectivity index (χ4v) is 3.48. The summed E-state index contributed by atoms with van der Waals surface area (Å²) in [5, 5.41) is 5.77. The molecule has 0 unspecified atom stereocenters. The molecule has 0 aliphatic carbocycles. The van der Waals surface area contributed by atoms with Gasteiger partial charge in [-0.15, -0.1) is 0 Å². The third-order valence-electron chi connectivity index (χ3n) is 4.97. The van der Waals surface area contributed by atoms with Crippen molar-refractivity contribution in [1.82, 2.24) is 25.1 Å². The summed E-state index contributed by atoms with van der Waals surface area (Å²) < 4.78 is 1.82. The molecule has 0 saturated carbocycles. The molecule has 2 heterocycles. The smallest absolute Gasteiger partial charge is 0.253 e. The van der Waals surface area contributed by atoms with Crippen LogP contribution in [0.2, 0.25) is 0 Å². The van der Waals surface area contributed by atoms with Crippen LogP contribution >= 0.6 is 0 Å². The molecule has 0 atom stereocenters. The molecule has 1 aliphatic heterocycles. The molecule has 28 heavy (non-hydrogen) atoms. The number of carbonyl (C=O) groups is 2. The van der Waals surface area contributed by atoms with Gasteiger partial charge in [-0.1, -0.05) is 18.6 Å². The van der Waals surface area contributed by atoms with Gasteiger partial charge in [0.05, 0.1) is 29.8 Å². The van der Waals surface area contributed by atoms with Crippen molar-refractivity contribution < 1.29 is 9.59 Å². The topological polar surface area (TPSA) is 79.3 Å². The van der Waals surface area contributed by atoms with Crippen molar-refractivity contribution in [2.45, 2.75) is 39.2 Å². The van der Waals surface area contributed by atoms with Crippen LogP contribution in [0.25, 0.3) is 5.69 Å². The molecule has 7 heteroatoms. The van der Waals surface area contributed by atoms with Gasteiger partial charge in [-0.2, -0.15) is 0 Å². The largest absolute Gasteiger partial charge is 0.352 e. The number of hydrogen-bond donors (Lipinski definition) is 2. The highest BCUT2D eigenvalue weighted by molar-refractivity contribution is 5.97. The van der Waals surface area contributed by atoms with Gasteiger partial charge >= 0.3 is 0 Å². The summed E-state index contributed by atoms with van der Waals surface area (Å²) in [6.07, 6.45) is 8.37. The van der Waals surface area contributed by atoms with Gasteiger partial charge in [-0.05, 0) is 51.0 Å². The Labute approximate surface area is 166 Å². The molecule has 3 rings (SSSR count). The Hall–Kier alpha value is -2.67. The molecule has 0 spiro atoms. The predicted octanol–water partition coefficient (Wildman–Crippen LogP) is 2.11. The van der Waals surface area contributed by atoms with Gasteiger partial charge in [0.25, 0.3) is 5.91 Å². The number of nitrogens with one attached hydrogen (secondary N) is 2. The van der Waals surface area contributed by atoms with Crippen molar-refractivity contribution >= 4 is 11.8 Å². The minimum absolute atomic E-state index is 0.0774. The summed E-state index contributed by atoms with van der Waals surface area (Å²) in [6.45, 7) is 5.91. The van der Waals surface area contributed by atoms with E-state index in [1.165, 1.54) is 39.3 Å². The Bertz CT molecular complexity index is 796. The highest BCUT2D eigenvalue weighted by Gasteiger charge is 2.13. The second kappa shape index (κ2) is 10.0. The molecule has 1 fully saturated rings. The van der Waals surface area contributed by atoms with E-state index in [0.717, 1.165) is 24.3 Å². The van der Waals surface area contributed by atoms with Crippen molar-refractivity contribution in [3.8, 4) is 5.69 Å². The van der Waals surface area contributed by atoms with Gasteiger partial charge in [0, 0.05) is 19.7 Å². The van der Waals surface area contributed by atoms with Crippen molar-refractivity contribution in [3.05, 3.63) is 48.0 Å². The van der Waals surface area contributed by atoms with Crippen LogP contribution in [0.15, 0.2) is 36.8 Å². The Morgan fingerprint density at radius 1 is 1.11 bits per heavy atom. The summed E-state index contributed by atoms with van der Waals surface area (Å²) in [5.74, 6) is -0.176. The molecule has 2 N–H and O–H groups in total. The molecule has 1 aromatic heterocycles. The van der Waals surface area contributed by atoms with E-state index in [0.29, 0.717) is 18.7 Å². The maximum absolute atomic E-state index is 12.7. The zero-order chi connectivity index (χ0) is 19.8. The molecule has 7 nitrogen and oxygen atoms in total. The highest BCUT2D eigenvalue weighted by Crippen LogP contribution is 2.15. The van der Waals surface area contributed by atoms with Crippen LogP contribution < -0.4 is 10.6 Å². The van der Waals surface area contributed by atoms with Crippen molar-refractivity contribution in [2.24, 2.45) is 0 Å². The SMILES string of the molecule is CC(=O)NCc1cn(-c2ccccc2C(=O)NCCCN2CCCCC2)cn1. The first-order valence-electron chi connectivity index (χ1n) is 10.0. The zero-order valence-corrected chi connectivity index (χ0v) is 16.5. The summed E-state index contributed by atoms with van der Waals surface area (Å²) in [4.78, 5) is 30.5. The van der Waals surface area contributed by atoms with E-state index < -0.39 is 0 Å². The summed E-state index contributed by atoms with van der Waals surface area (Å²) in [6, 6.07) is 7.48. The van der Waals surface area contributed by atoms with E-state index in [2.05, 4.69) is 20.5 Å². The number of aromatic nitrogens is 2. The second-order valence-corrected chi connectivity index (χ2v) is 7.21. The van der Waals surface area contributed by atoms with Crippen molar-refractivity contribution in [1.29, 1.82) is 0 Å². The van der Waals surface area contributed by atoms with Gasteiger partial charge in [0.15, 0.2) is 0 Å². The number of piperidine rings is 1. The van der Waals surface area contributed by atoms with E-state index in [4.69, 9.17) is 0 Å². The van der Waals surface area contributed by atoms with Gasteiger partial charge < -0.3 is 20.1 Å². The maximum atomic E-state index is 12.7. The molecule has 0 radical (unpaired) electrons. The lowest BCUT2D eigenvalue weighted by atomic mass is 10.1. The second-order valence-electron chi connectivity index (χ2n) is 7.21. The lowest BCUT2D eigenvalue weighted by molar-refractivity contribution is -0.119. The van der Waals surface area contributed by atoms with Gasteiger partial charge in [0.2, 0.25) is 5.91 Å². The number of likely N-dealkylation sites (tertiary alicyclic amines) is 1. The third-order valence-corrected chi connectivity index (χ3v) is 4.97. The normalized spacial score (nSPS) is 14.6. The monoisotopic (exact) mass is 383 g/mol. The number of imidazole rings is 1. The van der Waals surface area contributed by atoms with Crippen molar-refractivity contribution in [3.63, 3.8) is 0 Å². The quantitative estimate of drug-likeness (QED) is 0.685. The average Bonchev–Trinajstić information content (AvgIpc) is 3.19. The average molecular weight is 383 g/mol. The van der Waals surface area contributed by atoms with Crippen LogP contribution in [0.1, 0.15) is 48.7 Å². The fourth-order valence-electron chi connectivity index (χ4n) is 3.48. The Morgan fingerprint density at radius 3 is 2.68 bits per heavy atom. The maximum Gasteiger partial charge on any atom is 0.253 e. The lowest BCUT2D eigenvalue weighted by Gasteiger charge is -2.26. The van der Waals surface area contributed by atoms with Crippen molar-refractivity contribution in [2.75, 3.05) is 26.2 Å². The van der Waals surface area contributed by atoms with Gasteiger partial charge in [0.1, 0.15) is 0 Å². The van der Waals surface area contributed by atoms with Crippen LogP contribution in [0.5, 0.6) is 0 Å². The van der Waals surface area contributed by atoms with E-state index in [1.807, 2.05) is 35.0 Å². The van der Waals surface area contributed by atoms with E-state index >= 15 is 0 Å². The van der Waals surface area contributed by atoms with E-state index in [-0.39, 0.29) is 11.8 Å². The number of para-hydroxylation sites is 1. The first kappa shape index (κ1) is 20.1. The highest BCUT2D eigenvalue weighted by atomic mass is 16.2. The number of amides is 2. The van der Waals surface area contributed by atoms with Crippen LogP contribution in [0.3, 0.4) is 0 Å². The summed E-state index contributed by atoms with van der Waals surface area (Å²) in [5.41, 5.74) is 2.13. The molecule has 2 aromatic rings. The molecular formula is C21H29N5O2. The standard InChI is InChI=1S/C21H29N5O2/c1-17(27)23-14-18-15-26(16-24-18)20-9-4-3-8-19(20)21(28)22-10-7-13-25-11-5-2-6-12-25/h3-4,8-9,15-16H,2,5-7,10-14H2,1H3,(H,22,28)(H,23,27). The van der Waals surface area contributed by atoms with Crippen LogP contribution in [-0.2, 0) is 11.3 Å². The third kappa shape index (κ3) is 5.66. The number of benzene rings is 1. The Morgan fingerprint density at radius 2 is 1.89 bits per heavy atom. The molecular weight excluding hydrogens is 354 g/mol. The van der Waals surface area contributed by atoms with Gasteiger partial charge in [-0.25, -0.2) is 4.98 Å². The van der Waals surface area contributed by atoms with E-state index in [9.17, 15) is 9.59 Å². The summed E-state index contributed by atoms with van der Waals surface area (Å²) >= 11 is 0. The lowest BCUT2D eigenvalue weighted by Crippen LogP contribution is -2.33. The van der Waals surface area contributed by atoms with Crippen LogP contribution in [-0.4, -0.2) is 52.4 Å². The van der Waals surface area contributed by atoms with E-state index in [1.54, 1.807) is 6.33 Å². The zero-order valence-electron chi connectivity index (χ0n) is 16.5. The molecule has 1 aliphatic rings. The number of nitrogens with zero attached hydrogens (tertiary/aromatic N) is 3. The predicted molar refractivity (Wildman–Crippen MR) is 108 cm³/mol. The minimum Gasteiger partial charge on any atom is -0.352 e.